The molecule has 1 aromatic rings. The summed E-state index contributed by atoms with van der Waals surface area (Å²) in [5.74, 6) is 1.79. The molecule has 0 spiro atoms. The van der Waals surface area contributed by atoms with Gasteiger partial charge in [-0.1, -0.05) is 13.8 Å². The third kappa shape index (κ3) is 4.14. The minimum atomic E-state index is 0.430. The molecule has 1 atom stereocenters. The molecule has 0 aliphatic carbocycles. The second-order valence-corrected chi connectivity index (χ2v) is 4.78. The molecule has 0 radical (unpaired) electrons. The second kappa shape index (κ2) is 7.16. The standard InChI is InChI=1S/C13H23N3O2/c1-9(2)6-10(3)14-7-11-12(17-4)15-8-16-13(11)18-5/h8-10,14H,6-7H2,1-5H3. The van der Waals surface area contributed by atoms with Crippen LogP contribution in [0.4, 0.5) is 0 Å². The SMILES string of the molecule is COc1ncnc(OC)c1CNC(C)CC(C)C. The number of methoxy groups -OCH3 is 2. The summed E-state index contributed by atoms with van der Waals surface area (Å²) in [7, 11) is 3.20. The largest absolute Gasteiger partial charge is 0.481 e. The Hall–Kier alpha value is -1.36. The predicted molar refractivity (Wildman–Crippen MR) is 70.9 cm³/mol. The fourth-order valence-electron chi connectivity index (χ4n) is 1.95. The minimum Gasteiger partial charge on any atom is -0.481 e. The van der Waals surface area contributed by atoms with Gasteiger partial charge in [-0.25, -0.2) is 9.97 Å². The van der Waals surface area contributed by atoms with Gasteiger partial charge in [0.15, 0.2) is 0 Å². The highest BCUT2D eigenvalue weighted by atomic mass is 16.5. The van der Waals surface area contributed by atoms with Gasteiger partial charge in [0.05, 0.1) is 19.8 Å². The first-order valence-corrected chi connectivity index (χ1v) is 6.23. The normalized spacial score (nSPS) is 12.6. The molecular weight excluding hydrogens is 230 g/mol. The van der Waals surface area contributed by atoms with Crippen LogP contribution in [-0.2, 0) is 6.54 Å². The maximum absolute atomic E-state index is 5.23. The molecule has 0 saturated carbocycles. The molecule has 1 rings (SSSR count). The van der Waals surface area contributed by atoms with Crippen LogP contribution in [0.3, 0.4) is 0 Å². The van der Waals surface area contributed by atoms with E-state index in [0.717, 1.165) is 12.0 Å². The molecule has 102 valence electrons. The van der Waals surface area contributed by atoms with Crippen LogP contribution in [0.5, 0.6) is 11.8 Å². The van der Waals surface area contributed by atoms with E-state index in [2.05, 4.69) is 36.1 Å². The number of ether oxygens (including phenoxy) is 2. The summed E-state index contributed by atoms with van der Waals surface area (Å²) in [5.41, 5.74) is 0.859. The van der Waals surface area contributed by atoms with Crippen molar-refractivity contribution in [3.8, 4) is 11.8 Å². The van der Waals surface area contributed by atoms with E-state index in [1.54, 1.807) is 14.2 Å². The van der Waals surface area contributed by atoms with Crippen LogP contribution in [-0.4, -0.2) is 30.2 Å². The van der Waals surface area contributed by atoms with Crippen molar-refractivity contribution in [2.45, 2.75) is 39.8 Å². The van der Waals surface area contributed by atoms with Crippen LogP contribution >= 0.6 is 0 Å². The molecule has 18 heavy (non-hydrogen) atoms. The first-order valence-electron chi connectivity index (χ1n) is 6.23. The van der Waals surface area contributed by atoms with E-state index in [0.29, 0.717) is 30.3 Å². The highest BCUT2D eigenvalue weighted by Crippen LogP contribution is 2.23. The summed E-state index contributed by atoms with van der Waals surface area (Å²) in [5, 5.41) is 3.44. The van der Waals surface area contributed by atoms with Crippen molar-refractivity contribution in [1.82, 2.24) is 15.3 Å². The highest BCUT2D eigenvalue weighted by Gasteiger charge is 2.14. The summed E-state index contributed by atoms with van der Waals surface area (Å²) >= 11 is 0. The molecule has 0 aromatic carbocycles. The quantitative estimate of drug-likeness (QED) is 0.805. The van der Waals surface area contributed by atoms with E-state index in [9.17, 15) is 0 Å². The van der Waals surface area contributed by atoms with Gasteiger partial charge in [0, 0.05) is 12.6 Å². The van der Waals surface area contributed by atoms with Crippen molar-refractivity contribution in [2.24, 2.45) is 5.92 Å². The monoisotopic (exact) mass is 253 g/mol. The van der Waals surface area contributed by atoms with Crippen molar-refractivity contribution in [2.75, 3.05) is 14.2 Å². The summed E-state index contributed by atoms with van der Waals surface area (Å²) in [6.45, 7) is 7.24. The van der Waals surface area contributed by atoms with Crippen LogP contribution < -0.4 is 14.8 Å². The lowest BCUT2D eigenvalue weighted by molar-refractivity contribution is 0.354. The van der Waals surface area contributed by atoms with E-state index in [1.165, 1.54) is 6.33 Å². The Balaban J connectivity index is 2.70. The van der Waals surface area contributed by atoms with E-state index in [1.807, 2.05) is 0 Å². The van der Waals surface area contributed by atoms with E-state index in [4.69, 9.17) is 9.47 Å². The Bertz CT molecular complexity index is 347. The second-order valence-electron chi connectivity index (χ2n) is 4.78. The Morgan fingerprint density at radius 3 is 2.11 bits per heavy atom. The first kappa shape index (κ1) is 14.7. The molecule has 0 amide bonds. The molecule has 0 saturated heterocycles. The molecule has 1 aromatic heterocycles. The average Bonchev–Trinajstić information content (AvgIpc) is 2.34. The summed E-state index contributed by atoms with van der Waals surface area (Å²) < 4.78 is 10.5. The molecule has 1 unspecified atom stereocenters. The van der Waals surface area contributed by atoms with Crippen LogP contribution in [0.25, 0.3) is 0 Å². The summed E-state index contributed by atoms with van der Waals surface area (Å²) in [6, 6.07) is 0.430. The van der Waals surface area contributed by atoms with Gasteiger partial charge in [0.25, 0.3) is 0 Å². The van der Waals surface area contributed by atoms with Crippen molar-refractivity contribution in [3.63, 3.8) is 0 Å². The lowest BCUT2D eigenvalue weighted by atomic mass is 10.1. The molecule has 1 heterocycles. The van der Waals surface area contributed by atoms with E-state index in [-0.39, 0.29) is 0 Å². The number of rotatable bonds is 7. The lowest BCUT2D eigenvalue weighted by Crippen LogP contribution is -2.27. The Kier molecular flexibility index (Phi) is 5.85. The Labute approximate surface area is 109 Å². The molecule has 0 aliphatic heterocycles. The van der Waals surface area contributed by atoms with Gasteiger partial charge in [0.2, 0.25) is 11.8 Å². The molecular formula is C13H23N3O2. The fourth-order valence-corrected chi connectivity index (χ4v) is 1.95. The molecule has 0 aliphatic rings. The van der Waals surface area contributed by atoms with Gasteiger partial charge in [-0.3, -0.25) is 0 Å². The molecule has 1 N–H and O–H groups in total. The van der Waals surface area contributed by atoms with E-state index >= 15 is 0 Å². The lowest BCUT2D eigenvalue weighted by Gasteiger charge is -2.17. The van der Waals surface area contributed by atoms with Crippen LogP contribution in [0.15, 0.2) is 6.33 Å². The zero-order valence-electron chi connectivity index (χ0n) is 11.9. The van der Waals surface area contributed by atoms with Gasteiger partial charge < -0.3 is 14.8 Å². The van der Waals surface area contributed by atoms with Gasteiger partial charge >= 0.3 is 0 Å². The maximum Gasteiger partial charge on any atom is 0.224 e. The zero-order valence-corrected chi connectivity index (χ0v) is 11.9. The maximum atomic E-state index is 5.23. The first-order chi connectivity index (χ1) is 8.58. The number of aromatic nitrogens is 2. The third-order valence-electron chi connectivity index (χ3n) is 2.71. The Morgan fingerprint density at radius 1 is 1.11 bits per heavy atom. The minimum absolute atomic E-state index is 0.430. The third-order valence-corrected chi connectivity index (χ3v) is 2.71. The highest BCUT2D eigenvalue weighted by molar-refractivity contribution is 5.34. The van der Waals surface area contributed by atoms with Crippen molar-refractivity contribution in [3.05, 3.63) is 11.9 Å². The summed E-state index contributed by atoms with van der Waals surface area (Å²) in [6.07, 6.45) is 2.57. The molecule has 5 nitrogen and oxygen atoms in total. The van der Waals surface area contributed by atoms with Crippen molar-refractivity contribution in [1.29, 1.82) is 0 Å². The molecule has 0 bridgehead atoms. The van der Waals surface area contributed by atoms with Gasteiger partial charge in [-0.15, -0.1) is 0 Å². The van der Waals surface area contributed by atoms with Crippen LogP contribution in [0, 0.1) is 5.92 Å². The number of nitrogens with zero attached hydrogens (tertiary/aromatic N) is 2. The van der Waals surface area contributed by atoms with Crippen molar-refractivity contribution < 1.29 is 9.47 Å². The number of nitrogens with one attached hydrogen (secondary N) is 1. The predicted octanol–water partition coefficient (Wildman–Crippen LogP) is 2.02. The number of hydrogen-bond donors (Lipinski definition) is 1. The smallest absolute Gasteiger partial charge is 0.224 e. The average molecular weight is 253 g/mol. The molecule has 5 heteroatoms. The zero-order chi connectivity index (χ0) is 13.5. The fraction of sp³-hybridized carbons (Fsp3) is 0.692. The summed E-state index contributed by atoms with van der Waals surface area (Å²) in [4.78, 5) is 8.18. The molecule has 0 fully saturated rings. The Morgan fingerprint density at radius 2 is 1.67 bits per heavy atom. The van der Waals surface area contributed by atoms with Gasteiger partial charge in [0.1, 0.15) is 6.33 Å². The van der Waals surface area contributed by atoms with Gasteiger partial charge in [-0.05, 0) is 19.3 Å². The van der Waals surface area contributed by atoms with Crippen LogP contribution in [0.2, 0.25) is 0 Å². The van der Waals surface area contributed by atoms with Gasteiger partial charge in [-0.2, -0.15) is 0 Å². The number of hydrogen-bond acceptors (Lipinski definition) is 5. The topological polar surface area (TPSA) is 56.3 Å². The van der Waals surface area contributed by atoms with Crippen LogP contribution in [0.1, 0.15) is 32.8 Å². The van der Waals surface area contributed by atoms with E-state index < -0.39 is 0 Å². The van der Waals surface area contributed by atoms with Crippen molar-refractivity contribution >= 4 is 0 Å².